The summed E-state index contributed by atoms with van der Waals surface area (Å²) >= 11 is 0. The first kappa shape index (κ1) is 17.4. The van der Waals surface area contributed by atoms with Crippen molar-refractivity contribution in [2.45, 2.75) is 32.9 Å². The molecular weight excluding hydrogens is 296 g/mol. The summed E-state index contributed by atoms with van der Waals surface area (Å²) < 4.78 is 10.7. The molecule has 6 nitrogen and oxygen atoms in total. The Labute approximate surface area is 137 Å². The summed E-state index contributed by atoms with van der Waals surface area (Å²) in [5, 5.41) is 9.51. The Balaban J connectivity index is 1.89. The van der Waals surface area contributed by atoms with Crippen LogP contribution in [0.25, 0.3) is 0 Å². The molecule has 1 saturated heterocycles. The van der Waals surface area contributed by atoms with E-state index in [1.807, 2.05) is 26.8 Å². The number of carbonyl (C=O) groups is 1. The number of hydrogen-bond acceptors (Lipinski definition) is 5. The molecule has 1 amide bonds. The topological polar surface area (TPSA) is 62.2 Å². The maximum atomic E-state index is 12.1. The highest BCUT2D eigenvalue weighted by molar-refractivity contribution is 5.68. The average molecular weight is 322 g/mol. The van der Waals surface area contributed by atoms with Crippen LogP contribution in [0, 0.1) is 0 Å². The Morgan fingerprint density at radius 3 is 2.43 bits per heavy atom. The van der Waals surface area contributed by atoms with Crippen molar-refractivity contribution in [1.29, 1.82) is 0 Å². The summed E-state index contributed by atoms with van der Waals surface area (Å²) in [7, 11) is 1.60. The van der Waals surface area contributed by atoms with E-state index in [9.17, 15) is 9.90 Å². The summed E-state index contributed by atoms with van der Waals surface area (Å²) in [6, 6.07) is 5.15. The van der Waals surface area contributed by atoms with Gasteiger partial charge in [-0.3, -0.25) is 4.90 Å². The molecule has 6 heteroatoms. The first-order valence-corrected chi connectivity index (χ1v) is 7.84. The van der Waals surface area contributed by atoms with Crippen molar-refractivity contribution in [3.05, 3.63) is 23.8 Å². The summed E-state index contributed by atoms with van der Waals surface area (Å²) in [5.74, 6) is 0.875. The van der Waals surface area contributed by atoms with E-state index in [-0.39, 0.29) is 11.8 Å². The Kier molecular flexibility index (Phi) is 5.36. The molecule has 1 N–H and O–H groups in total. The van der Waals surface area contributed by atoms with Crippen molar-refractivity contribution < 1.29 is 19.4 Å². The van der Waals surface area contributed by atoms with E-state index >= 15 is 0 Å². The fourth-order valence-electron chi connectivity index (χ4n) is 2.52. The number of benzene rings is 1. The number of phenols is 1. The smallest absolute Gasteiger partial charge is 0.410 e. The number of hydrogen-bond donors (Lipinski definition) is 1. The second-order valence-electron chi connectivity index (χ2n) is 6.74. The maximum Gasteiger partial charge on any atom is 0.410 e. The van der Waals surface area contributed by atoms with Gasteiger partial charge >= 0.3 is 6.09 Å². The van der Waals surface area contributed by atoms with Crippen molar-refractivity contribution >= 4 is 6.09 Å². The fraction of sp³-hybridized carbons (Fsp3) is 0.588. The van der Waals surface area contributed by atoms with Gasteiger partial charge in [-0.15, -0.1) is 0 Å². The molecule has 0 saturated carbocycles. The van der Waals surface area contributed by atoms with Gasteiger partial charge in [-0.25, -0.2) is 4.79 Å². The van der Waals surface area contributed by atoms with E-state index in [0.717, 1.165) is 25.2 Å². The minimum absolute atomic E-state index is 0.195. The second-order valence-corrected chi connectivity index (χ2v) is 6.74. The predicted octanol–water partition coefficient (Wildman–Crippen LogP) is 2.45. The number of aromatic hydroxyl groups is 1. The molecule has 2 rings (SSSR count). The molecule has 0 unspecified atom stereocenters. The quantitative estimate of drug-likeness (QED) is 0.926. The van der Waals surface area contributed by atoms with Gasteiger partial charge in [-0.2, -0.15) is 0 Å². The molecular formula is C17H26N2O4. The van der Waals surface area contributed by atoms with E-state index in [0.29, 0.717) is 18.8 Å². The molecule has 1 aromatic carbocycles. The van der Waals surface area contributed by atoms with E-state index < -0.39 is 5.60 Å². The summed E-state index contributed by atoms with van der Waals surface area (Å²) in [5.41, 5.74) is 0.559. The number of methoxy groups -OCH3 is 1. The van der Waals surface area contributed by atoms with Crippen LogP contribution in [0.4, 0.5) is 4.79 Å². The lowest BCUT2D eigenvalue weighted by Gasteiger charge is -2.35. The lowest BCUT2D eigenvalue weighted by atomic mass is 10.1. The fourth-order valence-corrected chi connectivity index (χ4v) is 2.52. The Hall–Kier alpha value is -1.95. The molecule has 0 bridgehead atoms. The third-order valence-corrected chi connectivity index (χ3v) is 3.69. The van der Waals surface area contributed by atoms with Crippen LogP contribution in [0.5, 0.6) is 11.5 Å². The third-order valence-electron chi connectivity index (χ3n) is 3.69. The highest BCUT2D eigenvalue weighted by Crippen LogP contribution is 2.25. The molecule has 128 valence electrons. The Bertz CT molecular complexity index is 546. The maximum absolute atomic E-state index is 12.1. The molecule has 1 aliphatic rings. The zero-order chi connectivity index (χ0) is 17.0. The van der Waals surface area contributed by atoms with Crippen LogP contribution in [-0.4, -0.2) is 59.9 Å². The molecule has 0 aliphatic carbocycles. The molecule has 1 fully saturated rings. The highest BCUT2D eigenvalue weighted by Gasteiger charge is 2.26. The van der Waals surface area contributed by atoms with Crippen molar-refractivity contribution in [2.75, 3.05) is 33.3 Å². The van der Waals surface area contributed by atoms with Gasteiger partial charge in [0.05, 0.1) is 7.11 Å². The van der Waals surface area contributed by atoms with Crippen molar-refractivity contribution in [3.8, 4) is 11.5 Å². The lowest BCUT2D eigenvalue weighted by molar-refractivity contribution is 0.0138. The van der Waals surface area contributed by atoms with Gasteiger partial charge in [0, 0.05) is 44.4 Å². The van der Waals surface area contributed by atoms with E-state index in [1.54, 1.807) is 24.1 Å². The van der Waals surface area contributed by atoms with Crippen LogP contribution in [-0.2, 0) is 11.3 Å². The minimum atomic E-state index is -0.465. The van der Waals surface area contributed by atoms with Crippen molar-refractivity contribution in [1.82, 2.24) is 9.80 Å². The van der Waals surface area contributed by atoms with Gasteiger partial charge in [-0.05, 0) is 26.8 Å². The SMILES string of the molecule is COc1cc(O)ccc1CN1CCN(C(=O)OC(C)(C)C)CC1. The summed E-state index contributed by atoms with van der Waals surface area (Å²) in [6.07, 6.45) is -0.251. The van der Waals surface area contributed by atoms with Gasteiger partial charge < -0.3 is 19.5 Å². The zero-order valence-electron chi connectivity index (χ0n) is 14.3. The van der Waals surface area contributed by atoms with Gasteiger partial charge in [0.15, 0.2) is 0 Å². The molecule has 0 spiro atoms. The van der Waals surface area contributed by atoms with Crippen LogP contribution in [0.15, 0.2) is 18.2 Å². The minimum Gasteiger partial charge on any atom is -0.508 e. The number of piperazine rings is 1. The van der Waals surface area contributed by atoms with Crippen molar-refractivity contribution in [3.63, 3.8) is 0 Å². The molecule has 1 aromatic rings. The van der Waals surface area contributed by atoms with Crippen LogP contribution in [0.1, 0.15) is 26.3 Å². The molecule has 1 heterocycles. The van der Waals surface area contributed by atoms with Gasteiger partial charge in [0.2, 0.25) is 0 Å². The van der Waals surface area contributed by atoms with Crippen LogP contribution < -0.4 is 4.74 Å². The molecule has 0 radical (unpaired) electrons. The average Bonchev–Trinajstić information content (AvgIpc) is 2.48. The lowest BCUT2D eigenvalue weighted by Crippen LogP contribution is -2.49. The first-order chi connectivity index (χ1) is 10.8. The Morgan fingerprint density at radius 2 is 1.87 bits per heavy atom. The van der Waals surface area contributed by atoms with Crippen LogP contribution in [0.2, 0.25) is 0 Å². The van der Waals surface area contributed by atoms with E-state index in [4.69, 9.17) is 9.47 Å². The largest absolute Gasteiger partial charge is 0.508 e. The second kappa shape index (κ2) is 7.08. The van der Waals surface area contributed by atoms with Crippen molar-refractivity contribution in [2.24, 2.45) is 0 Å². The number of amides is 1. The number of rotatable bonds is 3. The molecule has 1 aliphatic heterocycles. The van der Waals surface area contributed by atoms with Crippen LogP contribution >= 0.6 is 0 Å². The standard InChI is InChI=1S/C17H26N2O4/c1-17(2,3)23-16(21)19-9-7-18(8-10-19)12-13-5-6-14(20)11-15(13)22-4/h5-6,11,20H,7-10,12H2,1-4H3. The third kappa shape index (κ3) is 5.03. The number of carbonyl (C=O) groups excluding carboxylic acids is 1. The Morgan fingerprint density at radius 1 is 1.22 bits per heavy atom. The highest BCUT2D eigenvalue weighted by atomic mass is 16.6. The summed E-state index contributed by atoms with van der Waals surface area (Å²) in [4.78, 5) is 16.1. The van der Waals surface area contributed by atoms with E-state index in [1.165, 1.54) is 0 Å². The van der Waals surface area contributed by atoms with Crippen LogP contribution in [0.3, 0.4) is 0 Å². The number of ether oxygens (including phenoxy) is 2. The zero-order valence-corrected chi connectivity index (χ0v) is 14.3. The van der Waals surface area contributed by atoms with Gasteiger partial charge in [0.25, 0.3) is 0 Å². The van der Waals surface area contributed by atoms with Gasteiger partial charge in [-0.1, -0.05) is 6.07 Å². The molecule has 0 aromatic heterocycles. The van der Waals surface area contributed by atoms with Gasteiger partial charge in [0.1, 0.15) is 17.1 Å². The first-order valence-electron chi connectivity index (χ1n) is 7.84. The monoisotopic (exact) mass is 322 g/mol. The number of nitrogens with zero attached hydrogens (tertiary/aromatic N) is 2. The number of phenolic OH excluding ortho intramolecular Hbond substituents is 1. The normalized spacial score (nSPS) is 16.3. The predicted molar refractivity (Wildman–Crippen MR) is 87.7 cm³/mol. The molecule has 0 atom stereocenters. The van der Waals surface area contributed by atoms with E-state index in [2.05, 4.69) is 4.90 Å². The summed E-state index contributed by atoms with van der Waals surface area (Å²) in [6.45, 7) is 9.21. The molecule has 23 heavy (non-hydrogen) atoms.